The maximum absolute atomic E-state index is 12.3. The molecule has 6 nitrogen and oxygen atoms in total. The minimum atomic E-state index is -0.479. The number of ether oxygens (including phenoxy) is 1. The molecule has 0 aromatic heterocycles. The number of ketones is 1. The maximum atomic E-state index is 12.3. The predicted octanol–water partition coefficient (Wildman–Crippen LogP) is 3.11. The first-order valence-corrected chi connectivity index (χ1v) is 9.14. The van der Waals surface area contributed by atoms with Crippen LogP contribution in [0.3, 0.4) is 0 Å². The number of hydrogen-bond acceptors (Lipinski definition) is 4. The van der Waals surface area contributed by atoms with Gasteiger partial charge in [0, 0.05) is 18.4 Å². The number of benzene rings is 2. The summed E-state index contributed by atoms with van der Waals surface area (Å²) in [6.45, 7) is 7.51. The molecule has 0 atom stereocenters. The number of carbonyl (C=O) groups is 3. The summed E-state index contributed by atoms with van der Waals surface area (Å²) < 4.78 is 5.40. The zero-order valence-corrected chi connectivity index (χ0v) is 16.7. The maximum Gasteiger partial charge on any atom is 0.276 e. The lowest BCUT2D eigenvalue weighted by molar-refractivity contribution is -0.130. The molecule has 2 aromatic rings. The third-order valence-corrected chi connectivity index (χ3v) is 4.46. The zero-order valence-electron chi connectivity index (χ0n) is 16.7. The highest BCUT2D eigenvalue weighted by molar-refractivity contribution is 5.99. The van der Waals surface area contributed by atoms with Gasteiger partial charge in [0.05, 0.1) is 0 Å². The van der Waals surface area contributed by atoms with Gasteiger partial charge in [0.15, 0.2) is 12.4 Å². The average molecular weight is 382 g/mol. The molecule has 0 aliphatic heterocycles. The first kappa shape index (κ1) is 21.2. The molecule has 0 unspecified atom stereocenters. The highest BCUT2D eigenvalue weighted by Crippen LogP contribution is 2.16. The molecule has 0 radical (unpaired) electrons. The van der Waals surface area contributed by atoms with Crippen molar-refractivity contribution in [3.8, 4) is 5.75 Å². The fourth-order valence-corrected chi connectivity index (χ4v) is 2.59. The van der Waals surface area contributed by atoms with E-state index in [2.05, 4.69) is 10.9 Å². The number of hydrogen-bond donors (Lipinski definition) is 2. The Morgan fingerprint density at radius 3 is 2.18 bits per heavy atom. The quantitative estimate of drug-likeness (QED) is 0.569. The van der Waals surface area contributed by atoms with Crippen LogP contribution in [0.1, 0.15) is 45.5 Å². The SMILES string of the molecule is Cc1ccc(C)c(C(=O)CCC(=O)NNC(=O)COc2ccc(C)c(C)c2)c1. The van der Waals surface area contributed by atoms with Gasteiger partial charge in [-0.1, -0.05) is 23.8 Å². The van der Waals surface area contributed by atoms with E-state index < -0.39 is 11.8 Å². The largest absolute Gasteiger partial charge is 0.484 e. The lowest BCUT2D eigenvalue weighted by atomic mass is 9.99. The molecule has 2 N–H and O–H groups in total. The molecule has 0 saturated heterocycles. The Morgan fingerprint density at radius 1 is 0.786 bits per heavy atom. The number of Topliss-reactive ketones (excluding diaryl/α,β-unsaturated/α-hetero) is 1. The molecule has 148 valence electrons. The smallest absolute Gasteiger partial charge is 0.276 e. The molecular formula is C22H26N2O4. The monoisotopic (exact) mass is 382 g/mol. The Balaban J connectivity index is 1.72. The van der Waals surface area contributed by atoms with Gasteiger partial charge in [-0.2, -0.15) is 0 Å². The van der Waals surface area contributed by atoms with Crippen molar-refractivity contribution >= 4 is 17.6 Å². The van der Waals surface area contributed by atoms with Crippen LogP contribution in [-0.2, 0) is 9.59 Å². The summed E-state index contributed by atoms with van der Waals surface area (Å²) >= 11 is 0. The van der Waals surface area contributed by atoms with E-state index in [1.807, 2.05) is 58.0 Å². The third kappa shape index (κ3) is 6.23. The van der Waals surface area contributed by atoms with Gasteiger partial charge in [0.25, 0.3) is 5.91 Å². The highest BCUT2D eigenvalue weighted by Gasteiger charge is 2.12. The lowest BCUT2D eigenvalue weighted by Gasteiger charge is -2.10. The molecule has 6 heteroatoms. The minimum absolute atomic E-state index is 0.00942. The van der Waals surface area contributed by atoms with Crippen LogP contribution in [0.25, 0.3) is 0 Å². The summed E-state index contributed by atoms with van der Waals surface area (Å²) in [6, 6.07) is 11.2. The van der Waals surface area contributed by atoms with Gasteiger partial charge in [0.2, 0.25) is 5.91 Å². The van der Waals surface area contributed by atoms with Crippen molar-refractivity contribution in [1.82, 2.24) is 10.9 Å². The van der Waals surface area contributed by atoms with E-state index in [4.69, 9.17) is 4.74 Å². The van der Waals surface area contributed by atoms with E-state index >= 15 is 0 Å². The molecule has 2 amide bonds. The Hall–Kier alpha value is -3.15. The number of hydrazine groups is 1. The van der Waals surface area contributed by atoms with Gasteiger partial charge in [-0.3, -0.25) is 25.2 Å². The van der Waals surface area contributed by atoms with Crippen LogP contribution < -0.4 is 15.6 Å². The summed E-state index contributed by atoms with van der Waals surface area (Å²) in [5.41, 5.74) is 9.30. The molecule has 0 bridgehead atoms. The summed E-state index contributed by atoms with van der Waals surface area (Å²) in [6.07, 6.45) is 0.0651. The van der Waals surface area contributed by atoms with E-state index in [0.29, 0.717) is 11.3 Å². The van der Waals surface area contributed by atoms with E-state index in [9.17, 15) is 14.4 Å². The molecule has 0 heterocycles. The van der Waals surface area contributed by atoms with Gasteiger partial charge < -0.3 is 4.74 Å². The van der Waals surface area contributed by atoms with Crippen LogP contribution in [0, 0.1) is 27.7 Å². The Morgan fingerprint density at radius 2 is 1.46 bits per heavy atom. The summed E-state index contributed by atoms with van der Waals surface area (Å²) in [5.74, 6) is -0.421. The van der Waals surface area contributed by atoms with Gasteiger partial charge in [-0.05, 0) is 62.6 Å². The van der Waals surface area contributed by atoms with Crippen molar-refractivity contribution in [1.29, 1.82) is 0 Å². The predicted molar refractivity (Wildman–Crippen MR) is 107 cm³/mol. The molecule has 2 rings (SSSR count). The third-order valence-electron chi connectivity index (χ3n) is 4.46. The fraction of sp³-hybridized carbons (Fsp3) is 0.318. The lowest BCUT2D eigenvalue weighted by Crippen LogP contribution is -2.43. The van der Waals surface area contributed by atoms with Crippen LogP contribution >= 0.6 is 0 Å². The van der Waals surface area contributed by atoms with Crippen molar-refractivity contribution in [2.75, 3.05) is 6.61 Å². The van der Waals surface area contributed by atoms with Crippen LogP contribution in [-0.4, -0.2) is 24.2 Å². The first-order valence-electron chi connectivity index (χ1n) is 9.14. The molecule has 0 aliphatic rings. The second kappa shape index (κ2) is 9.69. The van der Waals surface area contributed by atoms with Gasteiger partial charge >= 0.3 is 0 Å². The van der Waals surface area contributed by atoms with Crippen molar-refractivity contribution in [3.63, 3.8) is 0 Å². The van der Waals surface area contributed by atoms with Crippen LogP contribution in [0.5, 0.6) is 5.75 Å². The van der Waals surface area contributed by atoms with Crippen molar-refractivity contribution < 1.29 is 19.1 Å². The topological polar surface area (TPSA) is 84.5 Å². The van der Waals surface area contributed by atoms with Gasteiger partial charge in [0.1, 0.15) is 5.75 Å². The van der Waals surface area contributed by atoms with Crippen molar-refractivity contribution in [2.24, 2.45) is 0 Å². The Labute approximate surface area is 165 Å². The number of amides is 2. The van der Waals surface area contributed by atoms with Crippen LogP contribution in [0.4, 0.5) is 0 Å². The van der Waals surface area contributed by atoms with E-state index in [0.717, 1.165) is 22.3 Å². The molecule has 0 saturated carbocycles. The Bertz CT molecular complexity index is 890. The molecule has 0 spiro atoms. The second-order valence-electron chi connectivity index (χ2n) is 6.87. The zero-order chi connectivity index (χ0) is 20.7. The Kier molecular flexibility index (Phi) is 7.32. The van der Waals surface area contributed by atoms with Crippen LogP contribution in [0.15, 0.2) is 36.4 Å². The summed E-state index contributed by atoms with van der Waals surface area (Å²) in [4.78, 5) is 36.0. The molecule has 0 fully saturated rings. The van der Waals surface area contributed by atoms with Crippen molar-refractivity contribution in [2.45, 2.75) is 40.5 Å². The van der Waals surface area contributed by atoms with E-state index in [1.54, 1.807) is 6.07 Å². The molecule has 0 aliphatic carbocycles. The number of carbonyl (C=O) groups excluding carboxylic acids is 3. The minimum Gasteiger partial charge on any atom is -0.484 e. The molecule has 2 aromatic carbocycles. The van der Waals surface area contributed by atoms with Gasteiger partial charge in [-0.15, -0.1) is 0 Å². The molecular weight excluding hydrogens is 356 g/mol. The summed E-state index contributed by atoms with van der Waals surface area (Å²) in [7, 11) is 0. The average Bonchev–Trinajstić information content (AvgIpc) is 2.67. The number of rotatable bonds is 7. The van der Waals surface area contributed by atoms with Crippen molar-refractivity contribution in [3.05, 3.63) is 64.2 Å². The van der Waals surface area contributed by atoms with E-state index in [1.165, 1.54) is 0 Å². The van der Waals surface area contributed by atoms with Gasteiger partial charge in [-0.25, -0.2) is 0 Å². The van der Waals surface area contributed by atoms with E-state index in [-0.39, 0.29) is 25.2 Å². The normalized spacial score (nSPS) is 10.3. The second-order valence-corrected chi connectivity index (χ2v) is 6.87. The summed E-state index contributed by atoms with van der Waals surface area (Å²) in [5, 5.41) is 0. The molecule has 28 heavy (non-hydrogen) atoms. The first-order chi connectivity index (χ1) is 13.3. The highest BCUT2D eigenvalue weighted by atomic mass is 16.5. The fourth-order valence-electron chi connectivity index (χ4n) is 2.59. The standard InChI is InChI=1S/C22H26N2O4/c1-14-5-6-16(3)19(11-14)20(25)9-10-21(26)23-24-22(27)13-28-18-8-7-15(2)17(4)12-18/h5-8,11-12H,9-10,13H2,1-4H3,(H,23,26)(H,24,27). The number of nitrogens with one attached hydrogen (secondary N) is 2. The van der Waals surface area contributed by atoms with Crippen LogP contribution in [0.2, 0.25) is 0 Å². The number of aryl methyl sites for hydroxylation is 4.